The van der Waals surface area contributed by atoms with Gasteiger partial charge in [-0.25, -0.2) is 9.37 Å². The molecular weight excluding hydrogens is 495 g/mol. The van der Waals surface area contributed by atoms with Gasteiger partial charge in [0.25, 0.3) is 5.56 Å². The van der Waals surface area contributed by atoms with Crippen molar-refractivity contribution in [2.75, 3.05) is 39.5 Å². The molecule has 2 aliphatic heterocycles. The SMILES string of the molecule is CC(CF)NC[C@@H](Cc1nc[nH]c(=O)c1O)c1ccc(C#Cc2ccc(CN3CC4COCC4C3)cc2)cc1. The second kappa shape index (κ2) is 12.6. The molecule has 0 saturated carbocycles. The molecule has 0 spiro atoms. The summed E-state index contributed by atoms with van der Waals surface area (Å²) in [6.45, 7) is 6.78. The minimum atomic E-state index is -0.573. The van der Waals surface area contributed by atoms with Gasteiger partial charge in [0.1, 0.15) is 6.67 Å². The van der Waals surface area contributed by atoms with Crippen molar-refractivity contribution in [1.82, 2.24) is 20.2 Å². The minimum Gasteiger partial charge on any atom is -0.502 e. The Balaban J connectivity index is 1.22. The number of nitrogens with zero attached hydrogens (tertiary/aromatic N) is 2. The fourth-order valence-corrected chi connectivity index (χ4v) is 5.37. The molecule has 0 amide bonds. The predicted octanol–water partition coefficient (Wildman–Crippen LogP) is 3.23. The van der Waals surface area contributed by atoms with Gasteiger partial charge in [0, 0.05) is 67.5 Å². The number of alkyl halides is 1. The maximum atomic E-state index is 13.0. The molecular formula is C31H35FN4O3. The number of hydrogen-bond donors (Lipinski definition) is 3. The summed E-state index contributed by atoms with van der Waals surface area (Å²) in [5.41, 5.74) is 3.88. The molecule has 0 bridgehead atoms. The predicted molar refractivity (Wildman–Crippen MR) is 148 cm³/mol. The lowest BCUT2D eigenvalue weighted by atomic mass is 9.92. The number of halogens is 1. The van der Waals surface area contributed by atoms with E-state index in [9.17, 15) is 14.3 Å². The average molecular weight is 531 g/mol. The van der Waals surface area contributed by atoms with Crippen LogP contribution in [0.3, 0.4) is 0 Å². The third-order valence-corrected chi connectivity index (χ3v) is 7.70. The molecule has 2 fully saturated rings. The van der Waals surface area contributed by atoms with Crippen LogP contribution in [-0.2, 0) is 17.7 Å². The van der Waals surface area contributed by atoms with Crippen LogP contribution in [0.1, 0.15) is 40.8 Å². The Bertz CT molecular complexity index is 1350. The number of aromatic nitrogens is 2. The first-order valence-corrected chi connectivity index (χ1v) is 13.5. The van der Waals surface area contributed by atoms with E-state index in [4.69, 9.17) is 4.74 Å². The van der Waals surface area contributed by atoms with Crippen LogP contribution in [0.25, 0.3) is 0 Å². The Morgan fingerprint density at radius 3 is 2.38 bits per heavy atom. The molecule has 2 saturated heterocycles. The lowest BCUT2D eigenvalue weighted by molar-refractivity contribution is 0.153. The molecule has 3 heterocycles. The smallest absolute Gasteiger partial charge is 0.293 e. The van der Waals surface area contributed by atoms with Crippen molar-refractivity contribution in [3.8, 4) is 17.6 Å². The number of hydrogen-bond acceptors (Lipinski definition) is 6. The van der Waals surface area contributed by atoms with Gasteiger partial charge >= 0.3 is 0 Å². The molecule has 2 aliphatic rings. The first kappa shape index (κ1) is 27.1. The fraction of sp³-hybridized carbons (Fsp3) is 0.419. The van der Waals surface area contributed by atoms with Gasteiger partial charge in [-0.2, -0.15) is 0 Å². The number of likely N-dealkylation sites (tertiary alicyclic amines) is 1. The summed E-state index contributed by atoms with van der Waals surface area (Å²) in [4.78, 5) is 20.8. The van der Waals surface area contributed by atoms with E-state index in [2.05, 4.69) is 56.3 Å². The van der Waals surface area contributed by atoms with Gasteiger partial charge in [0.05, 0.1) is 25.2 Å². The summed E-state index contributed by atoms with van der Waals surface area (Å²) in [6.07, 6.45) is 1.62. The normalized spacial score (nSPS) is 20.3. The summed E-state index contributed by atoms with van der Waals surface area (Å²) in [5, 5.41) is 13.3. The zero-order valence-corrected chi connectivity index (χ0v) is 22.2. The van der Waals surface area contributed by atoms with E-state index in [1.165, 1.54) is 11.9 Å². The highest BCUT2D eigenvalue weighted by Crippen LogP contribution is 2.30. The summed E-state index contributed by atoms with van der Waals surface area (Å²) in [7, 11) is 0. The highest BCUT2D eigenvalue weighted by atomic mass is 19.1. The molecule has 7 nitrogen and oxygen atoms in total. The molecule has 204 valence electrons. The third kappa shape index (κ3) is 6.93. The molecule has 0 aliphatic carbocycles. The molecule has 3 unspecified atom stereocenters. The molecule has 39 heavy (non-hydrogen) atoms. The third-order valence-electron chi connectivity index (χ3n) is 7.70. The molecule has 5 rings (SSSR count). The number of benzene rings is 2. The topological polar surface area (TPSA) is 90.5 Å². The Labute approximate surface area is 228 Å². The van der Waals surface area contributed by atoms with Crippen LogP contribution in [0.5, 0.6) is 5.75 Å². The summed E-state index contributed by atoms with van der Waals surface area (Å²) < 4.78 is 18.6. The molecule has 8 heteroatoms. The monoisotopic (exact) mass is 530 g/mol. The standard InChI is InChI=1S/C31H35FN4O3/c1-21(13-32)33-14-26(12-29-30(37)31(38)35-20-34-29)25-10-8-23(9-11-25)3-2-22-4-6-24(7-5-22)15-36-16-27-18-39-19-28(27)17-36/h4-11,20-21,26-28,33,37H,12-19H2,1H3,(H,34,35,38)/t21?,26-,27?,28?/m1/s1. The second-order valence-corrected chi connectivity index (χ2v) is 10.7. The number of fused-ring (bicyclic) bond motifs is 1. The van der Waals surface area contributed by atoms with Crippen LogP contribution in [0.2, 0.25) is 0 Å². The van der Waals surface area contributed by atoms with E-state index in [0.717, 1.165) is 49.5 Å². The number of H-pyrrole nitrogens is 1. The Kier molecular flexibility index (Phi) is 8.72. The number of ether oxygens (including phenoxy) is 1. The van der Waals surface area contributed by atoms with E-state index in [0.29, 0.717) is 30.5 Å². The van der Waals surface area contributed by atoms with Gasteiger partial charge in [-0.1, -0.05) is 36.1 Å². The van der Waals surface area contributed by atoms with Crippen LogP contribution in [0.15, 0.2) is 59.7 Å². The van der Waals surface area contributed by atoms with Crippen molar-refractivity contribution in [2.45, 2.75) is 31.8 Å². The Morgan fingerprint density at radius 1 is 1.10 bits per heavy atom. The number of nitrogens with one attached hydrogen (secondary N) is 2. The fourth-order valence-electron chi connectivity index (χ4n) is 5.37. The van der Waals surface area contributed by atoms with Crippen molar-refractivity contribution in [2.24, 2.45) is 11.8 Å². The maximum absolute atomic E-state index is 13.0. The quantitative estimate of drug-likeness (QED) is 0.368. The average Bonchev–Trinajstić information content (AvgIpc) is 3.55. The number of aromatic amines is 1. The lowest BCUT2D eigenvalue weighted by Gasteiger charge is -2.20. The number of rotatable bonds is 9. The van der Waals surface area contributed by atoms with E-state index >= 15 is 0 Å². The Morgan fingerprint density at radius 2 is 1.74 bits per heavy atom. The van der Waals surface area contributed by atoms with Gasteiger partial charge in [0.2, 0.25) is 5.75 Å². The van der Waals surface area contributed by atoms with Crippen LogP contribution in [-0.4, -0.2) is 65.5 Å². The van der Waals surface area contributed by atoms with Crippen molar-refractivity contribution < 1.29 is 14.2 Å². The van der Waals surface area contributed by atoms with E-state index in [-0.39, 0.29) is 17.7 Å². The maximum Gasteiger partial charge on any atom is 0.293 e. The summed E-state index contributed by atoms with van der Waals surface area (Å²) >= 11 is 0. The van der Waals surface area contributed by atoms with Crippen LogP contribution >= 0.6 is 0 Å². The molecule has 3 N–H and O–H groups in total. The van der Waals surface area contributed by atoms with Gasteiger partial charge in [0.15, 0.2) is 0 Å². The first-order chi connectivity index (χ1) is 19.0. The molecule has 4 atom stereocenters. The van der Waals surface area contributed by atoms with Gasteiger partial charge in [-0.3, -0.25) is 9.69 Å². The molecule has 1 aromatic heterocycles. The number of aromatic hydroxyl groups is 1. The van der Waals surface area contributed by atoms with Gasteiger partial charge < -0.3 is 20.1 Å². The Hall–Kier alpha value is -3.51. The van der Waals surface area contributed by atoms with Gasteiger partial charge in [-0.05, 0) is 42.3 Å². The largest absolute Gasteiger partial charge is 0.502 e. The zero-order valence-electron chi connectivity index (χ0n) is 22.2. The molecule has 3 aromatic rings. The lowest BCUT2D eigenvalue weighted by Crippen LogP contribution is -2.32. The summed E-state index contributed by atoms with van der Waals surface area (Å²) in [6, 6.07) is 16.1. The van der Waals surface area contributed by atoms with E-state index in [1.807, 2.05) is 24.3 Å². The minimum absolute atomic E-state index is 0.114. The zero-order chi connectivity index (χ0) is 27.2. The highest BCUT2D eigenvalue weighted by Gasteiger charge is 2.36. The van der Waals surface area contributed by atoms with E-state index < -0.39 is 12.2 Å². The molecule has 0 radical (unpaired) electrons. The van der Waals surface area contributed by atoms with Crippen molar-refractivity contribution in [3.63, 3.8) is 0 Å². The summed E-state index contributed by atoms with van der Waals surface area (Å²) in [5.74, 6) is 7.37. The molecule has 2 aromatic carbocycles. The van der Waals surface area contributed by atoms with Crippen molar-refractivity contribution in [3.05, 3.63) is 93.2 Å². The van der Waals surface area contributed by atoms with Crippen LogP contribution in [0.4, 0.5) is 4.39 Å². The highest BCUT2D eigenvalue weighted by molar-refractivity contribution is 5.44. The van der Waals surface area contributed by atoms with E-state index in [1.54, 1.807) is 6.92 Å². The second-order valence-electron chi connectivity index (χ2n) is 10.7. The van der Waals surface area contributed by atoms with Crippen molar-refractivity contribution >= 4 is 0 Å². The van der Waals surface area contributed by atoms with Crippen LogP contribution < -0.4 is 10.9 Å². The van der Waals surface area contributed by atoms with Crippen molar-refractivity contribution in [1.29, 1.82) is 0 Å². The van der Waals surface area contributed by atoms with Crippen LogP contribution in [0, 0.1) is 23.7 Å². The van der Waals surface area contributed by atoms with Gasteiger partial charge in [-0.15, -0.1) is 0 Å². The first-order valence-electron chi connectivity index (χ1n) is 13.5.